The van der Waals surface area contributed by atoms with Gasteiger partial charge in [-0.25, -0.2) is 13.2 Å². The normalized spacial score (nSPS) is 19.6. The minimum atomic E-state index is -3.62. The summed E-state index contributed by atoms with van der Waals surface area (Å²) in [6, 6.07) is 12.6. The van der Waals surface area contributed by atoms with E-state index in [2.05, 4.69) is 13.8 Å². The molecular formula is C23H28N2O5S. The van der Waals surface area contributed by atoms with Crippen LogP contribution in [-0.2, 0) is 14.8 Å². The second-order valence-corrected chi connectivity index (χ2v) is 10.1. The van der Waals surface area contributed by atoms with Gasteiger partial charge in [-0.1, -0.05) is 26.0 Å². The van der Waals surface area contributed by atoms with Crippen LogP contribution in [0.4, 0.5) is 5.69 Å². The van der Waals surface area contributed by atoms with E-state index in [9.17, 15) is 18.0 Å². The van der Waals surface area contributed by atoms with Crippen molar-refractivity contribution < 1.29 is 22.7 Å². The van der Waals surface area contributed by atoms with Gasteiger partial charge in [0.2, 0.25) is 10.0 Å². The minimum absolute atomic E-state index is 0.169. The number of nitrogens with zero attached hydrogens (tertiary/aromatic N) is 2. The molecule has 1 fully saturated rings. The predicted molar refractivity (Wildman–Crippen MR) is 119 cm³/mol. The van der Waals surface area contributed by atoms with Crippen molar-refractivity contribution in [2.75, 3.05) is 32.1 Å². The summed E-state index contributed by atoms with van der Waals surface area (Å²) in [5.41, 5.74) is 1.00. The van der Waals surface area contributed by atoms with Gasteiger partial charge in [0, 0.05) is 25.7 Å². The summed E-state index contributed by atoms with van der Waals surface area (Å²) in [5, 5.41) is 0. The average Bonchev–Trinajstić information content (AvgIpc) is 2.77. The van der Waals surface area contributed by atoms with Crippen molar-refractivity contribution in [1.82, 2.24) is 4.31 Å². The molecule has 3 rings (SSSR count). The molecule has 7 nitrogen and oxygen atoms in total. The Kier molecular flexibility index (Phi) is 6.81. The van der Waals surface area contributed by atoms with Crippen molar-refractivity contribution in [2.24, 2.45) is 11.8 Å². The number of hydrogen-bond donors (Lipinski definition) is 0. The average molecular weight is 445 g/mol. The molecule has 166 valence electrons. The first kappa shape index (κ1) is 23.0. The van der Waals surface area contributed by atoms with Gasteiger partial charge in [0.25, 0.3) is 5.91 Å². The molecule has 0 aromatic heterocycles. The van der Waals surface area contributed by atoms with E-state index in [4.69, 9.17) is 4.74 Å². The molecule has 1 aliphatic heterocycles. The number of esters is 1. The highest BCUT2D eigenvalue weighted by Gasteiger charge is 2.31. The summed E-state index contributed by atoms with van der Waals surface area (Å²) in [7, 11) is -0.774. The number of sulfonamides is 1. The SMILES string of the molecule is COC(=O)c1ccccc1N(C)C(=O)c1ccc(S(=O)(=O)N2CC(C)CC(C)C2)cc1. The third kappa shape index (κ3) is 4.80. The van der Waals surface area contributed by atoms with Gasteiger partial charge in [0.15, 0.2) is 0 Å². The fraction of sp³-hybridized carbons (Fsp3) is 0.391. The quantitative estimate of drug-likeness (QED) is 0.660. The number of ether oxygens (including phenoxy) is 1. The topological polar surface area (TPSA) is 84.0 Å². The molecule has 1 heterocycles. The Morgan fingerprint density at radius 2 is 1.58 bits per heavy atom. The van der Waals surface area contributed by atoms with Gasteiger partial charge >= 0.3 is 5.97 Å². The molecule has 0 bridgehead atoms. The molecule has 0 radical (unpaired) electrons. The molecule has 1 amide bonds. The molecule has 2 unspecified atom stereocenters. The van der Waals surface area contributed by atoms with E-state index in [1.807, 2.05) is 0 Å². The van der Waals surface area contributed by atoms with E-state index < -0.39 is 16.0 Å². The highest BCUT2D eigenvalue weighted by molar-refractivity contribution is 7.89. The molecule has 2 atom stereocenters. The smallest absolute Gasteiger partial charge is 0.339 e. The van der Waals surface area contributed by atoms with Crippen molar-refractivity contribution in [3.63, 3.8) is 0 Å². The highest BCUT2D eigenvalue weighted by atomic mass is 32.2. The van der Waals surface area contributed by atoms with Crippen LogP contribution in [0.2, 0.25) is 0 Å². The van der Waals surface area contributed by atoms with Crippen LogP contribution in [0.1, 0.15) is 41.0 Å². The second-order valence-electron chi connectivity index (χ2n) is 8.17. The standard InChI is InChI=1S/C23H28N2O5S/c1-16-13-17(2)15-25(14-16)31(28,29)19-11-9-18(10-12-19)22(26)24(3)21-8-6-5-7-20(21)23(27)30-4/h5-12,16-17H,13-15H2,1-4H3. The zero-order valence-electron chi connectivity index (χ0n) is 18.2. The Morgan fingerprint density at radius 3 is 2.16 bits per heavy atom. The third-order valence-electron chi connectivity index (χ3n) is 5.55. The molecule has 2 aromatic rings. The summed E-state index contributed by atoms with van der Waals surface area (Å²) in [6.45, 7) is 5.12. The molecular weight excluding hydrogens is 416 g/mol. The molecule has 0 spiro atoms. The molecule has 1 saturated heterocycles. The highest BCUT2D eigenvalue weighted by Crippen LogP contribution is 2.27. The lowest BCUT2D eigenvalue weighted by molar-refractivity contribution is 0.0601. The fourth-order valence-electron chi connectivity index (χ4n) is 4.07. The van der Waals surface area contributed by atoms with Gasteiger partial charge in [-0.3, -0.25) is 4.79 Å². The van der Waals surface area contributed by atoms with Gasteiger partial charge in [-0.15, -0.1) is 0 Å². The summed E-state index contributed by atoms with van der Waals surface area (Å²) in [6.07, 6.45) is 1.01. The number of piperidine rings is 1. The molecule has 1 aliphatic rings. The fourth-order valence-corrected chi connectivity index (χ4v) is 5.75. The van der Waals surface area contributed by atoms with Gasteiger partial charge in [0.1, 0.15) is 0 Å². The Balaban J connectivity index is 1.83. The molecule has 0 aliphatic carbocycles. The minimum Gasteiger partial charge on any atom is -0.465 e. The summed E-state index contributed by atoms with van der Waals surface area (Å²) in [4.78, 5) is 26.5. The van der Waals surface area contributed by atoms with Crippen molar-refractivity contribution in [1.29, 1.82) is 0 Å². The molecule has 0 saturated carbocycles. The first-order valence-electron chi connectivity index (χ1n) is 10.2. The van der Waals surface area contributed by atoms with Gasteiger partial charge in [-0.05, 0) is 54.7 Å². The zero-order chi connectivity index (χ0) is 22.8. The van der Waals surface area contributed by atoms with E-state index in [0.29, 0.717) is 36.2 Å². The maximum Gasteiger partial charge on any atom is 0.339 e. The number of para-hydroxylation sites is 1. The van der Waals surface area contributed by atoms with Gasteiger partial charge in [-0.2, -0.15) is 4.31 Å². The maximum atomic E-state index is 13.0. The summed E-state index contributed by atoms with van der Waals surface area (Å²) >= 11 is 0. The van der Waals surface area contributed by atoms with Crippen LogP contribution in [0.3, 0.4) is 0 Å². The van der Waals surface area contributed by atoms with Crippen molar-refractivity contribution in [3.8, 4) is 0 Å². The lowest BCUT2D eigenvalue weighted by atomic mass is 9.94. The molecule has 2 aromatic carbocycles. The first-order chi connectivity index (χ1) is 14.6. The Morgan fingerprint density at radius 1 is 1.00 bits per heavy atom. The number of benzene rings is 2. The van der Waals surface area contributed by atoms with Crippen LogP contribution < -0.4 is 4.90 Å². The zero-order valence-corrected chi connectivity index (χ0v) is 19.1. The van der Waals surface area contributed by atoms with E-state index in [1.165, 1.54) is 40.6 Å². The van der Waals surface area contributed by atoms with E-state index in [0.717, 1.165) is 6.42 Å². The van der Waals surface area contributed by atoms with Crippen molar-refractivity contribution in [3.05, 3.63) is 59.7 Å². The monoisotopic (exact) mass is 444 g/mol. The number of methoxy groups -OCH3 is 1. The van der Waals surface area contributed by atoms with E-state index >= 15 is 0 Å². The van der Waals surface area contributed by atoms with Crippen molar-refractivity contribution in [2.45, 2.75) is 25.2 Å². The Labute approximate surface area is 183 Å². The van der Waals surface area contributed by atoms with E-state index in [1.54, 1.807) is 31.3 Å². The van der Waals surface area contributed by atoms with Crippen LogP contribution in [0.15, 0.2) is 53.4 Å². The molecule has 31 heavy (non-hydrogen) atoms. The third-order valence-corrected chi connectivity index (χ3v) is 7.40. The lowest BCUT2D eigenvalue weighted by Gasteiger charge is -2.34. The largest absolute Gasteiger partial charge is 0.465 e. The van der Waals surface area contributed by atoms with Gasteiger partial charge in [0.05, 0.1) is 23.3 Å². The van der Waals surface area contributed by atoms with Crippen molar-refractivity contribution >= 4 is 27.6 Å². The number of hydrogen-bond acceptors (Lipinski definition) is 5. The summed E-state index contributed by atoms with van der Waals surface area (Å²) in [5.74, 6) is -0.284. The maximum absolute atomic E-state index is 13.0. The van der Waals surface area contributed by atoms with E-state index in [-0.39, 0.29) is 16.4 Å². The Bertz CT molecular complexity index is 1060. The number of anilines is 1. The molecule has 8 heteroatoms. The van der Waals surface area contributed by atoms with Gasteiger partial charge < -0.3 is 9.64 Å². The lowest BCUT2D eigenvalue weighted by Crippen LogP contribution is -2.42. The van der Waals surface area contributed by atoms with Crippen LogP contribution >= 0.6 is 0 Å². The molecule has 0 N–H and O–H groups in total. The second kappa shape index (κ2) is 9.20. The first-order valence-corrected chi connectivity index (χ1v) is 11.6. The van der Waals surface area contributed by atoms with Crippen LogP contribution in [0.25, 0.3) is 0 Å². The van der Waals surface area contributed by atoms with Crippen LogP contribution in [0, 0.1) is 11.8 Å². The Hall–Kier alpha value is -2.71. The van der Waals surface area contributed by atoms with Crippen LogP contribution in [-0.4, -0.2) is 51.8 Å². The number of amides is 1. The van der Waals surface area contributed by atoms with Crippen LogP contribution in [0.5, 0.6) is 0 Å². The summed E-state index contributed by atoms with van der Waals surface area (Å²) < 4.78 is 32.4. The number of carbonyl (C=O) groups excluding carboxylic acids is 2. The number of carbonyl (C=O) groups is 2. The predicted octanol–water partition coefficient (Wildman–Crippen LogP) is 3.42. The number of rotatable bonds is 5.